The molecule has 4 N–H and O–H groups in total. The van der Waals surface area contributed by atoms with E-state index in [1.165, 1.54) is 0 Å². The first-order valence-electron chi connectivity index (χ1n) is 13.4. The van der Waals surface area contributed by atoms with Crippen LogP contribution in [0.5, 0.6) is 0 Å². The molecule has 0 aromatic heterocycles. The van der Waals surface area contributed by atoms with Crippen LogP contribution in [0.1, 0.15) is 41.4 Å². The third kappa shape index (κ3) is 8.99. The van der Waals surface area contributed by atoms with Gasteiger partial charge >= 0.3 is 0 Å². The van der Waals surface area contributed by atoms with Crippen LogP contribution in [-0.4, -0.2) is 31.1 Å². The maximum absolute atomic E-state index is 12.6. The van der Waals surface area contributed by atoms with Gasteiger partial charge in [0.1, 0.15) is 6.29 Å². The average Bonchev–Trinajstić information content (AvgIpc) is 3.07. The highest BCUT2D eigenvalue weighted by atomic mass is 16.2. The number of hydrogen-bond donors (Lipinski definition) is 4. The summed E-state index contributed by atoms with van der Waals surface area (Å²) in [6.07, 6.45) is 0.714. The predicted molar refractivity (Wildman–Crippen MR) is 171 cm³/mol. The monoisotopic (exact) mass is 570 g/mol. The minimum atomic E-state index is -0.327. The Balaban J connectivity index is 0.000000458. The Kier molecular flexibility index (Phi) is 10.5. The Hall–Kier alpha value is -6.02. The highest BCUT2D eigenvalue weighted by Gasteiger charge is 2.11. The van der Waals surface area contributed by atoms with Crippen molar-refractivity contribution in [1.82, 2.24) is 0 Å². The smallest absolute Gasteiger partial charge is 0.255 e. The number of hydrogen-bond acceptors (Lipinski definition) is 5. The summed E-state index contributed by atoms with van der Waals surface area (Å²) in [6.45, 7) is 0. The molecular formula is C35H30N4O4. The van der Waals surface area contributed by atoms with Gasteiger partial charge in [-0.3, -0.25) is 19.2 Å². The second kappa shape index (κ2) is 15.1. The van der Waals surface area contributed by atoms with E-state index in [1.54, 1.807) is 84.9 Å². The van der Waals surface area contributed by atoms with Crippen LogP contribution >= 0.6 is 0 Å². The van der Waals surface area contributed by atoms with Crippen LogP contribution in [0.3, 0.4) is 0 Å². The van der Waals surface area contributed by atoms with Crippen LogP contribution in [0.15, 0.2) is 133 Å². The topological polar surface area (TPSA) is 116 Å². The lowest BCUT2D eigenvalue weighted by atomic mass is 10.1. The molecule has 5 aromatic carbocycles. The molecule has 8 nitrogen and oxygen atoms in total. The number of aldehydes is 1. The van der Waals surface area contributed by atoms with Gasteiger partial charge in [0.25, 0.3) is 17.7 Å². The van der Waals surface area contributed by atoms with Crippen molar-refractivity contribution in [2.45, 2.75) is 0 Å². The van der Waals surface area contributed by atoms with Gasteiger partial charge in [-0.05, 0) is 84.9 Å². The lowest BCUT2D eigenvalue weighted by Crippen LogP contribution is -2.14. The first-order valence-corrected chi connectivity index (χ1v) is 13.4. The van der Waals surface area contributed by atoms with Crippen molar-refractivity contribution in [3.05, 3.63) is 156 Å². The van der Waals surface area contributed by atoms with E-state index < -0.39 is 0 Å². The molecule has 5 rings (SSSR count). The van der Waals surface area contributed by atoms with Crippen molar-refractivity contribution in [3.63, 3.8) is 0 Å². The molecule has 0 atom stereocenters. The molecule has 0 spiro atoms. The van der Waals surface area contributed by atoms with Gasteiger partial charge in [0.2, 0.25) is 0 Å². The van der Waals surface area contributed by atoms with Crippen LogP contribution in [0.4, 0.5) is 22.7 Å². The van der Waals surface area contributed by atoms with E-state index in [0.29, 0.717) is 45.6 Å². The molecule has 0 bridgehead atoms. The summed E-state index contributed by atoms with van der Waals surface area (Å²) in [4.78, 5) is 48.0. The zero-order valence-corrected chi connectivity index (χ0v) is 23.4. The van der Waals surface area contributed by atoms with Gasteiger partial charge in [0, 0.05) is 52.1 Å². The van der Waals surface area contributed by atoms with E-state index in [-0.39, 0.29) is 17.7 Å². The van der Waals surface area contributed by atoms with Crippen molar-refractivity contribution < 1.29 is 19.2 Å². The molecule has 0 heterocycles. The third-order valence-corrected chi connectivity index (χ3v) is 6.21. The van der Waals surface area contributed by atoms with Gasteiger partial charge < -0.3 is 21.3 Å². The van der Waals surface area contributed by atoms with Crippen LogP contribution < -0.4 is 21.3 Å². The lowest BCUT2D eigenvalue weighted by molar-refractivity contribution is 0.101. The molecule has 0 radical (unpaired) electrons. The number of nitrogens with one attached hydrogen (secondary N) is 4. The van der Waals surface area contributed by atoms with E-state index >= 15 is 0 Å². The van der Waals surface area contributed by atoms with Crippen LogP contribution in [0.25, 0.3) is 0 Å². The molecule has 0 aliphatic carbocycles. The van der Waals surface area contributed by atoms with Crippen molar-refractivity contribution in [2.75, 3.05) is 28.3 Å². The highest BCUT2D eigenvalue weighted by molar-refractivity contribution is 6.07. The molecule has 0 unspecified atom stereocenters. The summed E-state index contributed by atoms with van der Waals surface area (Å²) in [5, 5.41) is 11.4. The molecule has 0 saturated heterocycles. The summed E-state index contributed by atoms with van der Waals surface area (Å²) in [7, 11) is 1.91. The molecule has 0 aliphatic rings. The largest absolute Gasteiger partial charge is 0.388 e. The van der Waals surface area contributed by atoms with Crippen LogP contribution in [-0.2, 0) is 0 Å². The van der Waals surface area contributed by atoms with Gasteiger partial charge in [-0.2, -0.15) is 0 Å². The van der Waals surface area contributed by atoms with Crippen molar-refractivity contribution in [3.8, 4) is 0 Å². The predicted octanol–water partition coefficient (Wildman–Crippen LogP) is 6.98. The first-order chi connectivity index (χ1) is 20.9. The number of para-hydroxylation sites is 2. The number of anilines is 4. The van der Waals surface area contributed by atoms with Crippen LogP contribution in [0, 0.1) is 0 Å². The normalized spacial score (nSPS) is 9.88. The fourth-order valence-electron chi connectivity index (χ4n) is 3.86. The number of carbonyl (C=O) groups excluding carboxylic acids is 4. The van der Waals surface area contributed by atoms with E-state index in [1.807, 2.05) is 55.6 Å². The van der Waals surface area contributed by atoms with Crippen molar-refractivity contribution in [1.29, 1.82) is 0 Å². The van der Waals surface area contributed by atoms with Gasteiger partial charge in [-0.15, -0.1) is 0 Å². The Morgan fingerprint density at radius 2 is 0.767 bits per heavy atom. The summed E-state index contributed by atoms with van der Waals surface area (Å²) in [5.74, 6) is -0.900. The maximum Gasteiger partial charge on any atom is 0.255 e. The standard InChI is InChI=1S/C28H21N3O4.C7H9N/c32-18-19-6-8-20(9-7-19)26(33)30-24-14-16-25(17-15-24)31-28(35)22-12-10-21(11-13-22)27(34)29-23-4-2-1-3-5-23;1-8-7-5-3-2-4-6-7/h1-18H,(H,29,34)(H,30,33)(H,31,35);2-6,8H,1H3. The average molecular weight is 571 g/mol. The second-order valence-electron chi connectivity index (χ2n) is 9.24. The maximum atomic E-state index is 12.6. The van der Waals surface area contributed by atoms with Crippen molar-refractivity contribution >= 4 is 46.8 Å². The second-order valence-corrected chi connectivity index (χ2v) is 9.24. The molecule has 214 valence electrons. The zero-order valence-electron chi connectivity index (χ0n) is 23.4. The van der Waals surface area contributed by atoms with E-state index in [0.717, 1.165) is 5.69 Å². The third-order valence-electron chi connectivity index (χ3n) is 6.21. The lowest BCUT2D eigenvalue weighted by Gasteiger charge is -2.09. The van der Waals surface area contributed by atoms with Crippen molar-refractivity contribution in [2.24, 2.45) is 0 Å². The summed E-state index contributed by atoms with van der Waals surface area (Å²) < 4.78 is 0. The molecule has 8 heteroatoms. The Labute approximate surface area is 249 Å². The number of carbonyl (C=O) groups is 4. The quantitative estimate of drug-likeness (QED) is 0.150. The molecule has 43 heavy (non-hydrogen) atoms. The van der Waals surface area contributed by atoms with E-state index in [4.69, 9.17) is 0 Å². The fraction of sp³-hybridized carbons (Fsp3) is 0.0286. The Bertz CT molecular complexity index is 1650. The van der Waals surface area contributed by atoms with E-state index in [9.17, 15) is 19.2 Å². The molecule has 3 amide bonds. The molecular weight excluding hydrogens is 540 g/mol. The van der Waals surface area contributed by atoms with Gasteiger partial charge in [0.15, 0.2) is 0 Å². The molecule has 0 aliphatic heterocycles. The number of rotatable bonds is 8. The minimum absolute atomic E-state index is 0.263. The summed E-state index contributed by atoms with van der Waals surface area (Å²) >= 11 is 0. The summed E-state index contributed by atoms with van der Waals surface area (Å²) in [5.41, 5.74) is 4.71. The minimum Gasteiger partial charge on any atom is -0.388 e. The van der Waals surface area contributed by atoms with E-state index in [2.05, 4.69) is 21.3 Å². The van der Waals surface area contributed by atoms with Gasteiger partial charge in [-0.25, -0.2) is 0 Å². The SMILES string of the molecule is CNc1ccccc1.O=Cc1ccc(C(=O)Nc2ccc(NC(=O)c3ccc(C(=O)Nc4ccccc4)cc3)cc2)cc1. The first kappa shape index (κ1) is 30.0. The molecule has 5 aromatic rings. The van der Waals surface area contributed by atoms with Crippen LogP contribution in [0.2, 0.25) is 0 Å². The van der Waals surface area contributed by atoms with Gasteiger partial charge in [-0.1, -0.05) is 48.5 Å². The highest BCUT2D eigenvalue weighted by Crippen LogP contribution is 2.17. The molecule has 0 fully saturated rings. The Morgan fingerprint density at radius 1 is 0.442 bits per heavy atom. The number of benzene rings is 5. The van der Waals surface area contributed by atoms with Gasteiger partial charge in [0.05, 0.1) is 0 Å². The Morgan fingerprint density at radius 3 is 1.09 bits per heavy atom. The molecule has 0 saturated carbocycles. The number of amides is 3. The fourth-order valence-corrected chi connectivity index (χ4v) is 3.86. The summed E-state index contributed by atoms with van der Waals surface area (Å²) in [6, 6.07) is 38.5. The zero-order chi connectivity index (χ0) is 30.4.